The molecular formula is C86H68BN3. The Kier molecular flexibility index (Phi) is 14.3. The molecule has 0 bridgehead atoms. The monoisotopic (exact) mass is 1150 g/mol. The van der Waals surface area contributed by atoms with E-state index in [1.54, 1.807) is 0 Å². The van der Waals surface area contributed by atoms with Crippen molar-refractivity contribution in [3.8, 4) is 72.4 Å². The molecule has 13 aromatic carbocycles. The minimum atomic E-state index is -0.131. The summed E-state index contributed by atoms with van der Waals surface area (Å²) in [6, 6.07) is 114. The molecule has 2 aliphatic heterocycles. The summed E-state index contributed by atoms with van der Waals surface area (Å²) in [7, 11) is 0. The highest BCUT2D eigenvalue weighted by atomic mass is 15.2. The van der Waals surface area contributed by atoms with E-state index >= 15 is 0 Å². The molecule has 0 saturated carbocycles. The van der Waals surface area contributed by atoms with Crippen LogP contribution in [0.25, 0.3) is 94.3 Å². The third-order valence-electron chi connectivity index (χ3n) is 18.9. The minimum Gasteiger partial charge on any atom is -0.310 e. The number of unbranched alkanes of at least 4 members (excludes halogenated alkanes) is 2. The maximum atomic E-state index is 2.74. The topological polar surface area (TPSA) is 11.4 Å². The molecule has 3 nitrogen and oxygen atoms in total. The molecule has 0 N–H and O–H groups in total. The maximum Gasteiger partial charge on any atom is 0.252 e. The number of aromatic nitrogens is 1. The number of fused-ring (bicyclic) bond motifs is 7. The Balaban J connectivity index is 1.08. The average Bonchev–Trinajstić information content (AvgIpc) is 0.765. The second-order valence-electron chi connectivity index (χ2n) is 24.4. The van der Waals surface area contributed by atoms with Crippen LogP contribution in [-0.4, -0.2) is 11.3 Å². The molecule has 0 atom stereocenters. The van der Waals surface area contributed by atoms with Gasteiger partial charge in [-0.1, -0.05) is 263 Å². The molecule has 0 fully saturated rings. The quantitative estimate of drug-likeness (QED) is 0.0948. The van der Waals surface area contributed by atoms with E-state index in [2.05, 4.69) is 332 Å². The van der Waals surface area contributed by atoms with Crippen molar-refractivity contribution in [3.05, 3.63) is 314 Å². The van der Waals surface area contributed by atoms with Crippen LogP contribution in [-0.2, 0) is 12.8 Å². The Labute approximate surface area is 529 Å². The van der Waals surface area contributed by atoms with Gasteiger partial charge in [0, 0.05) is 61.5 Å². The van der Waals surface area contributed by atoms with Gasteiger partial charge in [-0.2, -0.15) is 0 Å². The number of anilines is 6. The summed E-state index contributed by atoms with van der Waals surface area (Å²) in [5, 5.41) is 2.49. The highest BCUT2D eigenvalue weighted by molar-refractivity contribution is 7.00. The molecular weight excluding hydrogens is 1090 g/mol. The molecule has 14 aromatic rings. The summed E-state index contributed by atoms with van der Waals surface area (Å²) < 4.78 is 2.50. The predicted octanol–water partition coefficient (Wildman–Crippen LogP) is 21.6. The number of para-hydroxylation sites is 2. The first-order valence-corrected chi connectivity index (χ1v) is 32.3. The maximum absolute atomic E-state index is 2.74. The van der Waals surface area contributed by atoms with Crippen LogP contribution in [0.2, 0.25) is 0 Å². The Morgan fingerprint density at radius 1 is 0.289 bits per heavy atom. The standard InChI is InChI=1S/C86H68BN3/c1-3-5-29-59-47-49-76-80(51-59)89(85-72(63-35-17-9-18-36-63)54-67(61-31-13-7-14-32-61)55-73(85)64-37-19-10-20-38-64)82-52-60(30-6-4-2)53-83-84(82)87(76)77-50-48-69(88-78-45-27-25-43-70(78)71-44-26-28-46-79(71)88)58-81(77)90(83)86-74(65-39-21-11-22-40-65)56-68(62-33-15-8-16-34-62)57-75(86)66-41-23-12-24-42-66/h7-28,31-58H,3-6,29-30H2,1-2H3. The van der Waals surface area contributed by atoms with Gasteiger partial charge in [-0.25, -0.2) is 0 Å². The van der Waals surface area contributed by atoms with E-state index in [1.807, 2.05) is 0 Å². The van der Waals surface area contributed by atoms with Gasteiger partial charge in [-0.05, 0) is 164 Å². The van der Waals surface area contributed by atoms with E-state index < -0.39 is 0 Å². The molecule has 0 unspecified atom stereocenters. The Bertz CT molecular complexity index is 4790. The van der Waals surface area contributed by atoms with Crippen LogP contribution in [0.15, 0.2) is 303 Å². The van der Waals surface area contributed by atoms with Gasteiger partial charge in [0.05, 0.1) is 22.4 Å². The van der Waals surface area contributed by atoms with Crippen molar-refractivity contribution in [2.75, 3.05) is 9.80 Å². The first kappa shape index (κ1) is 54.7. The van der Waals surface area contributed by atoms with Gasteiger partial charge in [0.1, 0.15) is 0 Å². The molecule has 3 heterocycles. The van der Waals surface area contributed by atoms with Gasteiger partial charge in [0.15, 0.2) is 0 Å². The molecule has 4 heteroatoms. The van der Waals surface area contributed by atoms with Gasteiger partial charge in [-0.15, -0.1) is 0 Å². The van der Waals surface area contributed by atoms with Gasteiger partial charge >= 0.3 is 0 Å². The minimum absolute atomic E-state index is 0.131. The molecule has 0 saturated heterocycles. The molecule has 2 aliphatic rings. The van der Waals surface area contributed by atoms with Crippen LogP contribution >= 0.6 is 0 Å². The third kappa shape index (κ3) is 9.54. The van der Waals surface area contributed by atoms with Crippen molar-refractivity contribution in [1.82, 2.24) is 4.57 Å². The lowest BCUT2D eigenvalue weighted by atomic mass is 9.33. The van der Waals surface area contributed by atoms with Crippen LogP contribution < -0.4 is 26.2 Å². The number of aryl methyl sites for hydroxylation is 2. The van der Waals surface area contributed by atoms with E-state index in [1.165, 1.54) is 122 Å². The van der Waals surface area contributed by atoms with Crippen molar-refractivity contribution in [1.29, 1.82) is 0 Å². The SMILES string of the molecule is CCCCc1ccc2c(c1)N(c1c(-c3ccccc3)cc(-c3ccccc3)cc1-c1ccccc1)c1cc(CCCC)cc3c1B2c1ccc(-n2c4ccccc4c4ccccc42)cc1N3c1c(-c2ccccc2)cc(-c2ccccc2)cc1-c1ccccc1. The van der Waals surface area contributed by atoms with Crippen molar-refractivity contribution in [3.63, 3.8) is 0 Å². The lowest BCUT2D eigenvalue weighted by Crippen LogP contribution is -2.61. The van der Waals surface area contributed by atoms with E-state index in [0.717, 1.165) is 72.2 Å². The van der Waals surface area contributed by atoms with E-state index in [0.29, 0.717) is 0 Å². The molecule has 16 rings (SSSR count). The molecule has 430 valence electrons. The van der Waals surface area contributed by atoms with E-state index in [9.17, 15) is 0 Å². The first-order valence-electron chi connectivity index (χ1n) is 32.3. The molecule has 0 amide bonds. The van der Waals surface area contributed by atoms with Gasteiger partial charge in [0.2, 0.25) is 0 Å². The smallest absolute Gasteiger partial charge is 0.252 e. The zero-order valence-corrected chi connectivity index (χ0v) is 51.0. The Morgan fingerprint density at radius 3 is 1.04 bits per heavy atom. The number of hydrogen-bond acceptors (Lipinski definition) is 2. The Morgan fingerprint density at radius 2 is 0.633 bits per heavy atom. The van der Waals surface area contributed by atoms with E-state index in [4.69, 9.17) is 0 Å². The zero-order chi connectivity index (χ0) is 60.1. The largest absolute Gasteiger partial charge is 0.310 e. The summed E-state index contributed by atoms with van der Waals surface area (Å²) in [6.07, 6.45) is 6.28. The fourth-order valence-electron chi connectivity index (χ4n) is 14.7. The highest BCUT2D eigenvalue weighted by Crippen LogP contribution is 2.55. The van der Waals surface area contributed by atoms with Crippen molar-refractivity contribution in [2.24, 2.45) is 0 Å². The fourth-order valence-corrected chi connectivity index (χ4v) is 14.7. The second kappa shape index (κ2) is 23.4. The van der Waals surface area contributed by atoms with Crippen LogP contribution in [0, 0.1) is 0 Å². The van der Waals surface area contributed by atoms with Crippen molar-refractivity contribution < 1.29 is 0 Å². The number of nitrogens with zero attached hydrogens (tertiary/aromatic N) is 3. The van der Waals surface area contributed by atoms with Gasteiger partial charge in [-0.3, -0.25) is 0 Å². The molecule has 0 radical (unpaired) electrons. The van der Waals surface area contributed by atoms with Crippen LogP contribution in [0.5, 0.6) is 0 Å². The fraction of sp³-hybridized carbons (Fsp3) is 0.0930. The lowest BCUT2D eigenvalue weighted by molar-refractivity contribution is 0.794. The summed E-state index contributed by atoms with van der Waals surface area (Å²) >= 11 is 0. The summed E-state index contributed by atoms with van der Waals surface area (Å²) in [5.74, 6) is 0. The van der Waals surface area contributed by atoms with Crippen LogP contribution in [0.4, 0.5) is 34.1 Å². The van der Waals surface area contributed by atoms with Crippen molar-refractivity contribution >= 4 is 79.0 Å². The average molecular weight is 1150 g/mol. The highest BCUT2D eigenvalue weighted by Gasteiger charge is 2.46. The van der Waals surface area contributed by atoms with Gasteiger partial charge in [0.25, 0.3) is 6.71 Å². The van der Waals surface area contributed by atoms with Crippen molar-refractivity contribution in [2.45, 2.75) is 52.4 Å². The summed E-state index contributed by atoms with van der Waals surface area (Å²) in [6.45, 7) is 4.51. The summed E-state index contributed by atoms with van der Waals surface area (Å²) in [5.41, 5.74) is 31.3. The summed E-state index contributed by atoms with van der Waals surface area (Å²) in [4.78, 5) is 5.46. The molecule has 1 aromatic heterocycles. The number of rotatable bonds is 15. The van der Waals surface area contributed by atoms with E-state index in [-0.39, 0.29) is 6.71 Å². The van der Waals surface area contributed by atoms with Gasteiger partial charge < -0.3 is 14.4 Å². The molecule has 90 heavy (non-hydrogen) atoms. The second-order valence-corrected chi connectivity index (χ2v) is 24.4. The predicted molar refractivity (Wildman–Crippen MR) is 385 cm³/mol. The molecule has 0 aliphatic carbocycles. The third-order valence-corrected chi connectivity index (χ3v) is 18.9. The van der Waals surface area contributed by atoms with Crippen LogP contribution in [0.1, 0.15) is 50.7 Å². The Hall–Kier alpha value is -10.7. The number of hydrogen-bond donors (Lipinski definition) is 0. The number of benzene rings is 13. The first-order chi connectivity index (χ1) is 44.6. The van der Waals surface area contributed by atoms with Crippen LogP contribution in [0.3, 0.4) is 0 Å². The lowest BCUT2D eigenvalue weighted by Gasteiger charge is -2.46. The normalized spacial score (nSPS) is 12.3. The molecule has 0 spiro atoms. The zero-order valence-electron chi connectivity index (χ0n) is 51.0.